The van der Waals surface area contributed by atoms with E-state index >= 15 is 8.78 Å². The number of nitrogens with one attached hydrogen (secondary N) is 1. The summed E-state index contributed by atoms with van der Waals surface area (Å²) in [5, 5.41) is 0. The monoisotopic (exact) mass is 465 g/mol. The molecule has 2 saturated heterocycles. The van der Waals surface area contributed by atoms with Gasteiger partial charge in [0.25, 0.3) is 0 Å². The highest BCUT2D eigenvalue weighted by atomic mass is 19.1. The molecule has 0 spiro atoms. The van der Waals surface area contributed by atoms with E-state index in [2.05, 4.69) is 9.97 Å². The summed E-state index contributed by atoms with van der Waals surface area (Å²) in [6.45, 7) is 7.57. The van der Waals surface area contributed by atoms with E-state index in [4.69, 9.17) is 9.31 Å². The zero-order chi connectivity index (χ0) is 24.0. The van der Waals surface area contributed by atoms with E-state index in [0.717, 1.165) is 23.9 Å². The second-order valence-corrected chi connectivity index (χ2v) is 10.6. The fourth-order valence-electron chi connectivity index (χ4n) is 5.10. The number of aromatic nitrogens is 2. The number of fused-ring (bicyclic) bond motifs is 1. The van der Waals surface area contributed by atoms with Gasteiger partial charge in [0, 0.05) is 11.3 Å². The molecule has 3 fully saturated rings. The molecule has 1 N–H and O–H groups in total. The van der Waals surface area contributed by atoms with Crippen molar-refractivity contribution in [2.24, 2.45) is 11.8 Å². The number of H-pyrrole nitrogens is 1. The first-order chi connectivity index (χ1) is 16.1. The number of anilines is 1. The van der Waals surface area contributed by atoms with Crippen molar-refractivity contribution in [3.8, 4) is 0 Å². The number of carbonyl (C=O) groups is 1. The number of amides is 1. The van der Waals surface area contributed by atoms with Crippen molar-refractivity contribution in [3.63, 3.8) is 0 Å². The average Bonchev–Trinajstić information content (AvgIpc) is 3.40. The topological polar surface area (TPSA) is 67.5 Å². The Labute approximate surface area is 196 Å². The van der Waals surface area contributed by atoms with Gasteiger partial charge in [-0.25, -0.2) is 13.8 Å². The first kappa shape index (κ1) is 21.7. The molecule has 176 valence electrons. The maximum absolute atomic E-state index is 15.6. The van der Waals surface area contributed by atoms with E-state index in [1.807, 2.05) is 27.7 Å². The van der Waals surface area contributed by atoms with Crippen molar-refractivity contribution in [2.45, 2.75) is 57.8 Å². The number of β-lactam (4-membered cyclic amide) rings is 1. The number of hydrogen-bond donors (Lipinski definition) is 1. The lowest BCUT2D eigenvalue weighted by atomic mass is 9.74. The van der Waals surface area contributed by atoms with Gasteiger partial charge >= 0.3 is 7.12 Å². The zero-order valence-electron chi connectivity index (χ0n) is 19.6. The van der Waals surface area contributed by atoms with Gasteiger partial charge in [-0.15, -0.1) is 0 Å². The maximum atomic E-state index is 15.6. The zero-order valence-corrected chi connectivity index (χ0v) is 19.6. The van der Waals surface area contributed by atoms with Crippen LogP contribution in [-0.2, 0) is 14.1 Å². The number of imidazole rings is 1. The molecule has 1 aliphatic carbocycles. The van der Waals surface area contributed by atoms with Gasteiger partial charge in [0.05, 0.1) is 40.5 Å². The van der Waals surface area contributed by atoms with E-state index < -0.39 is 41.9 Å². The van der Waals surface area contributed by atoms with Crippen LogP contribution in [0.5, 0.6) is 0 Å². The Balaban J connectivity index is 1.38. The Morgan fingerprint density at radius 1 is 1.06 bits per heavy atom. The van der Waals surface area contributed by atoms with Gasteiger partial charge in [-0.1, -0.05) is 0 Å². The maximum Gasteiger partial charge on any atom is 0.495 e. The summed E-state index contributed by atoms with van der Waals surface area (Å²) >= 11 is 0. The van der Waals surface area contributed by atoms with Crippen molar-refractivity contribution < 1.29 is 22.9 Å². The van der Waals surface area contributed by atoms with Crippen LogP contribution in [0.1, 0.15) is 52.1 Å². The minimum absolute atomic E-state index is 0.0820. The number of aromatic amines is 1. The van der Waals surface area contributed by atoms with Gasteiger partial charge in [-0.3, -0.25) is 4.79 Å². The molecule has 6 nitrogen and oxygen atoms in total. The molecule has 1 aromatic heterocycles. The van der Waals surface area contributed by atoms with Crippen LogP contribution in [0.15, 0.2) is 36.7 Å². The minimum Gasteiger partial charge on any atom is -0.399 e. The molecule has 0 bridgehead atoms. The second kappa shape index (κ2) is 7.12. The van der Waals surface area contributed by atoms with Crippen LogP contribution in [0.3, 0.4) is 0 Å². The fraction of sp³-hybridized carbons (Fsp3) is 0.440. The summed E-state index contributed by atoms with van der Waals surface area (Å²) in [6.07, 6.45) is 3.37. The van der Waals surface area contributed by atoms with Crippen LogP contribution in [0, 0.1) is 23.5 Å². The summed E-state index contributed by atoms with van der Waals surface area (Å²) in [7, 11) is -0.871. The molecular weight excluding hydrogens is 439 g/mol. The lowest BCUT2D eigenvalue weighted by Crippen LogP contribution is -2.57. The summed E-state index contributed by atoms with van der Waals surface area (Å²) in [5.74, 6) is -1.75. The Bertz CT molecular complexity index is 1280. The normalized spacial score (nSPS) is 25.8. The summed E-state index contributed by atoms with van der Waals surface area (Å²) in [5.41, 5.74) is 1.08. The molecule has 2 aliphatic heterocycles. The van der Waals surface area contributed by atoms with Gasteiger partial charge in [0.2, 0.25) is 5.91 Å². The second-order valence-electron chi connectivity index (χ2n) is 10.6. The SMILES string of the molecule is CC1(C)OB(c2cc(F)c([C@H]3[C@@H](C4CC4)C(=O)N3c3ccc4nc[nH]c4c3)c(F)c2)OC1(C)C. The van der Waals surface area contributed by atoms with Crippen molar-refractivity contribution in [3.05, 3.63) is 53.9 Å². The number of benzene rings is 2. The van der Waals surface area contributed by atoms with E-state index in [-0.39, 0.29) is 22.9 Å². The van der Waals surface area contributed by atoms with Crippen molar-refractivity contribution in [2.75, 3.05) is 4.90 Å². The fourth-order valence-corrected chi connectivity index (χ4v) is 5.10. The Kier molecular flexibility index (Phi) is 4.55. The van der Waals surface area contributed by atoms with Gasteiger partial charge in [-0.2, -0.15) is 0 Å². The number of rotatable bonds is 4. The molecule has 1 amide bonds. The van der Waals surface area contributed by atoms with E-state index in [1.54, 1.807) is 24.5 Å². The van der Waals surface area contributed by atoms with Crippen LogP contribution in [-0.4, -0.2) is 34.2 Å². The lowest BCUT2D eigenvalue weighted by molar-refractivity contribution is -0.131. The molecule has 3 aliphatic rings. The largest absolute Gasteiger partial charge is 0.495 e. The van der Waals surface area contributed by atoms with Gasteiger partial charge in [0.15, 0.2) is 0 Å². The molecule has 2 aromatic carbocycles. The van der Waals surface area contributed by atoms with Crippen LogP contribution < -0.4 is 10.4 Å². The van der Waals surface area contributed by atoms with Crippen molar-refractivity contribution >= 4 is 35.2 Å². The summed E-state index contributed by atoms with van der Waals surface area (Å²) in [6, 6.07) is 7.22. The quantitative estimate of drug-likeness (QED) is 0.462. The van der Waals surface area contributed by atoms with Crippen molar-refractivity contribution in [1.82, 2.24) is 9.97 Å². The Hall–Kier alpha value is -2.78. The van der Waals surface area contributed by atoms with E-state index in [9.17, 15) is 4.79 Å². The molecular formula is C25H26BF2N3O3. The summed E-state index contributed by atoms with van der Waals surface area (Å²) < 4.78 is 43.1. The highest BCUT2D eigenvalue weighted by Crippen LogP contribution is 2.54. The van der Waals surface area contributed by atoms with Gasteiger partial charge in [0.1, 0.15) is 11.6 Å². The Morgan fingerprint density at radius 3 is 2.32 bits per heavy atom. The minimum atomic E-state index is -0.871. The number of nitrogens with zero attached hydrogens (tertiary/aromatic N) is 2. The van der Waals surface area contributed by atoms with Crippen LogP contribution in [0.4, 0.5) is 14.5 Å². The standard InChI is InChI=1S/C25H26BF2N3O3/c1-24(2)25(3,4)34-26(33-24)14-9-16(27)21(17(28)10-14)22-20(13-5-6-13)23(32)31(22)15-7-8-18-19(11-15)30-12-29-18/h7-13,20,22H,5-6H2,1-4H3,(H,29,30)/t20-,22-/m1/s1. The third-order valence-corrected chi connectivity index (χ3v) is 7.88. The van der Waals surface area contributed by atoms with E-state index in [0.29, 0.717) is 5.69 Å². The highest BCUT2D eigenvalue weighted by molar-refractivity contribution is 6.62. The summed E-state index contributed by atoms with van der Waals surface area (Å²) in [4.78, 5) is 21.9. The van der Waals surface area contributed by atoms with Gasteiger partial charge in [-0.05, 0) is 82.2 Å². The molecule has 3 aromatic rings. The molecule has 6 rings (SSSR count). The molecule has 9 heteroatoms. The first-order valence-electron chi connectivity index (χ1n) is 11.7. The third-order valence-electron chi connectivity index (χ3n) is 7.88. The predicted molar refractivity (Wildman–Crippen MR) is 125 cm³/mol. The lowest BCUT2D eigenvalue weighted by Gasteiger charge is -2.48. The smallest absolute Gasteiger partial charge is 0.399 e. The number of halogens is 2. The molecule has 0 unspecified atom stereocenters. The molecule has 3 heterocycles. The first-order valence-corrected chi connectivity index (χ1v) is 11.7. The molecule has 2 atom stereocenters. The van der Waals surface area contributed by atoms with Gasteiger partial charge < -0.3 is 19.2 Å². The molecule has 34 heavy (non-hydrogen) atoms. The number of carbonyl (C=O) groups excluding carboxylic acids is 1. The third kappa shape index (κ3) is 3.13. The predicted octanol–water partition coefficient (Wildman–Crippen LogP) is 4.25. The molecule has 0 radical (unpaired) electrons. The van der Waals surface area contributed by atoms with Crippen LogP contribution in [0.25, 0.3) is 11.0 Å². The average molecular weight is 465 g/mol. The van der Waals surface area contributed by atoms with Crippen LogP contribution in [0.2, 0.25) is 0 Å². The number of hydrogen-bond acceptors (Lipinski definition) is 4. The Morgan fingerprint density at radius 2 is 1.71 bits per heavy atom. The highest BCUT2D eigenvalue weighted by Gasteiger charge is 2.57. The molecule has 1 saturated carbocycles. The van der Waals surface area contributed by atoms with E-state index in [1.165, 1.54) is 17.0 Å². The van der Waals surface area contributed by atoms with Crippen molar-refractivity contribution in [1.29, 1.82) is 0 Å². The van der Waals surface area contributed by atoms with Crippen LogP contribution >= 0.6 is 0 Å².